The third-order valence-corrected chi connectivity index (χ3v) is 4.90. The molecular weight excluding hydrogens is 470 g/mol. The van der Waals surface area contributed by atoms with Crippen molar-refractivity contribution in [1.29, 1.82) is 0 Å². The van der Waals surface area contributed by atoms with Gasteiger partial charge >= 0.3 is 18.2 Å². The quantitative estimate of drug-likeness (QED) is 0.357. The minimum Gasteiger partial charge on any atom is -0.507 e. The molecule has 1 amide bonds. The van der Waals surface area contributed by atoms with Crippen molar-refractivity contribution in [1.82, 2.24) is 5.32 Å². The molecule has 0 aliphatic rings. The van der Waals surface area contributed by atoms with Gasteiger partial charge in [0.15, 0.2) is 0 Å². The Hall–Kier alpha value is -3.30. The van der Waals surface area contributed by atoms with Gasteiger partial charge in [-0.3, -0.25) is 4.79 Å². The standard InChI is InChI=1S/C25H29F4NO5/c1-7-34-20(32)12-18(30-23(33)35-24(4,5)6)16-10-15(11-17(22(16)26)25(27,28)29)21-14(3)8-13(2)9-19(21)31/h8-11,18,31H,7,12H2,1-6H3,(H,30,33)/t18-/m0/s1. The number of alkyl carbamates (subject to hydrolysis) is 1. The number of carbonyl (C=O) groups is 2. The first kappa shape index (κ1) is 27.9. The van der Waals surface area contributed by atoms with Gasteiger partial charge < -0.3 is 19.9 Å². The highest BCUT2D eigenvalue weighted by Gasteiger charge is 2.38. The molecule has 2 aromatic carbocycles. The Morgan fingerprint density at radius 1 is 1.09 bits per heavy atom. The topological polar surface area (TPSA) is 84.9 Å². The third-order valence-electron chi connectivity index (χ3n) is 4.90. The predicted molar refractivity (Wildman–Crippen MR) is 121 cm³/mol. The van der Waals surface area contributed by atoms with E-state index in [1.54, 1.807) is 40.7 Å². The molecule has 192 valence electrons. The zero-order valence-electron chi connectivity index (χ0n) is 20.4. The van der Waals surface area contributed by atoms with E-state index in [1.807, 2.05) is 0 Å². The lowest BCUT2D eigenvalue weighted by Crippen LogP contribution is -2.36. The number of aromatic hydroxyl groups is 1. The van der Waals surface area contributed by atoms with Crippen molar-refractivity contribution >= 4 is 12.1 Å². The normalized spacial score (nSPS) is 12.7. The van der Waals surface area contributed by atoms with Gasteiger partial charge in [0.05, 0.1) is 24.6 Å². The van der Waals surface area contributed by atoms with E-state index in [2.05, 4.69) is 5.32 Å². The van der Waals surface area contributed by atoms with E-state index < -0.39 is 53.2 Å². The molecule has 1 atom stereocenters. The summed E-state index contributed by atoms with van der Waals surface area (Å²) >= 11 is 0. The number of phenolic OH excluding ortho intramolecular Hbond substituents is 1. The second-order valence-electron chi connectivity index (χ2n) is 9.11. The molecule has 0 bridgehead atoms. The molecule has 0 aromatic heterocycles. The smallest absolute Gasteiger partial charge is 0.419 e. The molecule has 0 aliphatic heterocycles. The van der Waals surface area contributed by atoms with E-state index >= 15 is 4.39 Å². The Morgan fingerprint density at radius 2 is 1.71 bits per heavy atom. The monoisotopic (exact) mass is 499 g/mol. The minimum atomic E-state index is -5.09. The van der Waals surface area contributed by atoms with E-state index in [4.69, 9.17) is 9.47 Å². The molecule has 0 saturated heterocycles. The van der Waals surface area contributed by atoms with Crippen LogP contribution in [0.2, 0.25) is 0 Å². The van der Waals surface area contributed by atoms with Gasteiger partial charge in [0.1, 0.15) is 17.2 Å². The molecule has 6 nitrogen and oxygen atoms in total. The second kappa shape index (κ2) is 10.5. The maximum atomic E-state index is 15.3. The Balaban J connectivity index is 2.74. The lowest BCUT2D eigenvalue weighted by molar-refractivity contribution is -0.143. The molecule has 10 heteroatoms. The van der Waals surface area contributed by atoms with Crippen molar-refractivity contribution in [2.75, 3.05) is 6.61 Å². The molecule has 2 aromatic rings. The van der Waals surface area contributed by atoms with Gasteiger partial charge in [-0.15, -0.1) is 0 Å². The van der Waals surface area contributed by atoms with Crippen LogP contribution >= 0.6 is 0 Å². The summed E-state index contributed by atoms with van der Waals surface area (Å²) in [5.74, 6) is -2.81. The highest BCUT2D eigenvalue weighted by molar-refractivity contribution is 5.77. The summed E-state index contributed by atoms with van der Waals surface area (Å²) in [6, 6.07) is 3.14. The summed E-state index contributed by atoms with van der Waals surface area (Å²) in [6.45, 7) is 9.50. The fourth-order valence-electron chi connectivity index (χ4n) is 3.65. The SMILES string of the molecule is CCOC(=O)C[C@H](NC(=O)OC(C)(C)C)c1cc(-c2c(C)cc(C)cc2O)cc(C(F)(F)F)c1F. The number of alkyl halides is 3. The Bertz CT molecular complexity index is 1080. The van der Waals surface area contributed by atoms with Crippen LogP contribution in [-0.2, 0) is 20.4 Å². The van der Waals surface area contributed by atoms with Gasteiger partial charge in [-0.05, 0) is 76.4 Å². The zero-order chi connectivity index (χ0) is 26.7. The molecule has 0 aliphatic carbocycles. The van der Waals surface area contributed by atoms with Crippen LogP contribution in [0.25, 0.3) is 11.1 Å². The van der Waals surface area contributed by atoms with Crippen LogP contribution < -0.4 is 5.32 Å². The lowest BCUT2D eigenvalue weighted by Gasteiger charge is -2.25. The van der Waals surface area contributed by atoms with Crippen molar-refractivity contribution in [3.05, 3.63) is 52.3 Å². The first-order chi connectivity index (χ1) is 16.0. The first-order valence-electron chi connectivity index (χ1n) is 10.9. The van der Waals surface area contributed by atoms with Crippen LogP contribution in [0.1, 0.15) is 62.4 Å². The largest absolute Gasteiger partial charge is 0.507 e. The summed E-state index contributed by atoms with van der Waals surface area (Å²) in [5.41, 5.74) is -2.11. The molecule has 0 fully saturated rings. The number of carbonyl (C=O) groups excluding carboxylic acids is 2. The summed E-state index contributed by atoms with van der Waals surface area (Å²) < 4.78 is 66.7. The van der Waals surface area contributed by atoms with Gasteiger partial charge in [-0.25, -0.2) is 9.18 Å². The summed E-state index contributed by atoms with van der Waals surface area (Å²) in [4.78, 5) is 24.6. The summed E-state index contributed by atoms with van der Waals surface area (Å²) in [6.07, 6.45) is -6.80. The molecule has 2 N–H and O–H groups in total. The molecule has 0 heterocycles. The number of halogens is 4. The van der Waals surface area contributed by atoms with Crippen molar-refractivity contribution in [2.24, 2.45) is 0 Å². The van der Waals surface area contributed by atoms with E-state index in [0.717, 1.165) is 6.07 Å². The molecule has 0 radical (unpaired) electrons. The van der Waals surface area contributed by atoms with Gasteiger partial charge in [0.2, 0.25) is 0 Å². The fraction of sp³-hybridized carbons (Fsp3) is 0.440. The Morgan fingerprint density at radius 3 is 2.23 bits per heavy atom. The highest BCUT2D eigenvalue weighted by atomic mass is 19.4. The van der Waals surface area contributed by atoms with Crippen molar-refractivity contribution in [3.8, 4) is 16.9 Å². The highest BCUT2D eigenvalue weighted by Crippen LogP contribution is 2.41. The van der Waals surface area contributed by atoms with Crippen molar-refractivity contribution in [2.45, 2.75) is 65.8 Å². The van der Waals surface area contributed by atoms with Gasteiger partial charge in [-0.2, -0.15) is 13.2 Å². The lowest BCUT2D eigenvalue weighted by atomic mass is 9.91. The number of aryl methyl sites for hydroxylation is 2. The van der Waals surface area contributed by atoms with Gasteiger partial charge in [0, 0.05) is 11.1 Å². The van der Waals surface area contributed by atoms with Crippen molar-refractivity contribution in [3.63, 3.8) is 0 Å². The van der Waals surface area contributed by atoms with E-state index in [0.29, 0.717) is 17.2 Å². The minimum absolute atomic E-state index is 0.0231. The first-order valence-corrected chi connectivity index (χ1v) is 10.9. The number of rotatable bonds is 6. The number of hydrogen-bond acceptors (Lipinski definition) is 5. The van der Waals surface area contributed by atoms with E-state index in [1.165, 1.54) is 13.0 Å². The summed E-state index contributed by atoms with van der Waals surface area (Å²) in [5, 5.41) is 12.8. The molecule has 0 unspecified atom stereocenters. The maximum absolute atomic E-state index is 15.3. The number of phenols is 1. The van der Waals surface area contributed by atoms with Crippen LogP contribution in [0.15, 0.2) is 24.3 Å². The zero-order valence-corrected chi connectivity index (χ0v) is 20.4. The molecule has 0 spiro atoms. The average Bonchev–Trinajstić information content (AvgIpc) is 2.65. The average molecular weight is 500 g/mol. The number of nitrogens with one attached hydrogen (secondary N) is 1. The van der Waals surface area contributed by atoms with Gasteiger partial charge in [0.25, 0.3) is 0 Å². The van der Waals surface area contributed by atoms with Gasteiger partial charge in [-0.1, -0.05) is 6.07 Å². The molecular formula is C25H29F4NO5. The van der Waals surface area contributed by atoms with Crippen LogP contribution in [0.4, 0.5) is 22.4 Å². The van der Waals surface area contributed by atoms with Crippen molar-refractivity contribution < 1.29 is 41.7 Å². The fourth-order valence-corrected chi connectivity index (χ4v) is 3.65. The Kier molecular flexibility index (Phi) is 8.41. The van der Waals surface area contributed by atoms with Crippen LogP contribution in [0.3, 0.4) is 0 Å². The molecule has 35 heavy (non-hydrogen) atoms. The third kappa shape index (κ3) is 7.34. The van der Waals surface area contributed by atoms with E-state index in [9.17, 15) is 27.9 Å². The van der Waals surface area contributed by atoms with Crippen LogP contribution in [0, 0.1) is 19.7 Å². The predicted octanol–water partition coefficient (Wildman–Crippen LogP) is 6.35. The van der Waals surface area contributed by atoms with Crippen LogP contribution in [-0.4, -0.2) is 29.4 Å². The maximum Gasteiger partial charge on any atom is 0.419 e. The Labute approximate surface area is 201 Å². The molecule has 0 saturated carbocycles. The number of benzene rings is 2. The second-order valence-corrected chi connectivity index (χ2v) is 9.11. The molecule has 2 rings (SSSR count). The van der Waals surface area contributed by atoms with Crippen LogP contribution in [0.5, 0.6) is 5.75 Å². The van der Waals surface area contributed by atoms with E-state index in [-0.39, 0.29) is 23.5 Å². The summed E-state index contributed by atoms with van der Waals surface area (Å²) in [7, 11) is 0. The number of esters is 1. The number of amides is 1. The number of hydrogen-bond donors (Lipinski definition) is 2. The number of ether oxygens (including phenoxy) is 2.